The van der Waals surface area contributed by atoms with Gasteiger partial charge in [0.1, 0.15) is 5.75 Å². The number of benzene rings is 1. The maximum atomic E-state index is 11.3. The summed E-state index contributed by atoms with van der Waals surface area (Å²) in [4.78, 5) is 11.3. The zero-order valence-electron chi connectivity index (χ0n) is 9.59. The highest BCUT2D eigenvalue weighted by atomic mass is 16.3. The highest BCUT2D eigenvalue weighted by Gasteiger charge is 2.17. The summed E-state index contributed by atoms with van der Waals surface area (Å²) < 4.78 is 0. The van der Waals surface area contributed by atoms with Crippen LogP contribution in [-0.4, -0.2) is 18.1 Å². The highest BCUT2D eigenvalue weighted by molar-refractivity contribution is 5.96. The number of carbonyl (C=O) groups excluding carboxylic acids is 1. The van der Waals surface area contributed by atoms with E-state index in [1.165, 1.54) is 0 Å². The number of amides is 1. The van der Waals surface area contributed by atoms with Crippen molar-refractivity contribution in [2.24, 2.45) is 0 Å². The summed E-state index contributed by atoms with van der Waals surface area (Å²) in [5.74, 6) is -0.241. The topological polar surface area (TPSA) is 49.3 Å². The highest BCUT2D eigenvalue weighted by Crippen LogP contribution is 2.27. The molecule has 0 aliphatic heterocycles. The number of rotatable bonds is 1. The molecule has 0 radical (unpaired) electrons. The largest absolute Gasteiger partial charge is 0.507 e. The van der Waals surface area contributed by atoms with Crippen LogP contribution in [0.4, 0.5) is 0 Å². The molecule has 0 aliphatic carbocycles. The molecule has 0 heterocycles. The lowest BCUT2D eigenvalue weighted by molar-refractivity contribution is 0.0960. The predicted octanol–water partition coefficient (Wildman–Crippen LogP) is 2.05. The van der Waals surface area contributed by atoms with Gasteiger partial charge in [-0.25, -0.2) is 0 Å². The summed E-state index contributed by atoms with van der Waals surface area (Å²) in [6.45, 7) is 6.17. The van der Waals surface area contributed by atoms with E-state index in [9.17, 15) is 9.90 Å². The lowest BCUT2D eigenvalue weighted by Gasteiger charge is -2.19. The smallest absolute Gasteiger partial charge is 0.254 e. The van der Waals surface area contributed by atoms with E-state index >= 15 is 0 Å². The molecular formula is C12H17NO2. The van der Waals surface area contributed by atoms with Crippen LogP contribution in [0, 0.1) is 0 Å². The molecule has 1 aromatic carbocycles. The molecule has 0 aliphatic rings. The molecule has 0 aromatic heterocycles. The van der Waals surface area contributed by atoms with Crippen LogP contribution in [0.5, 0.6) is 5.75 Å². The molecule has 82 valence electrons. The van der Waals surface area contributed by atoms with Crippen LogP contribution in [0.3, 0.4) is 0 Å². The molecule has 0 fully saturated rings. The molecule has 2 N–H and O–H groups in total. The van der Waals surface area contributed by atoms with Crippen molar-refractivity contribution in [2.75, 3.05) is 7.05 Å². The van der Waals surface area contributed by atoms with Crippen molar-refractivity contribution in [1.29, 1.82) is 0 Å². The van der Waals surface area contributed by atoms with Crippen molar-refractivity contribution >= 4 is 5.91 Å². The average Bonchev–Trinajstić information content (AvgIpc) is 2.15. The Balaban J connectivity index is 3.15. The Morgan fingerprint density at radius 3 is 2.33 bits per heavy atom. The number of nitrogens with one attached hydrogen (secondary N) is 1. The monoisotopic (exact) mass is 207 g/mol. The molecule has 0 spiro atoms. The summed E-state index contributed by atoms with van der Waals surface area (Å²) in [6.07, 6.45) is 0. The van der Waals surface area contributed by atoms with Crippen LogP contribution in [0.2, 0.25) is 0 Å². The van der Waals surface area contributed by atoms with Crippen molar-refractivity contribution in [3.8, 4) is 5.75 Å². The second-order valence-corrected chi connectivity index (χ2v) is 4.56. The molecule has 0 atom stereocenters. The first-order chi connectivity index (χ1) is 6.86. The van der Waals surface area contributed by atoms with Crippen molar-refractivity contribution in [2.45, 2.75) is 26.2 Å². The van der Waals surface area contributed by atoms with Crippen molar-refractivity contribution in [3.05, 3.63) is 29.3 Å². The maximum absolute atomic E-state index is 11.3. The summed E-state index contributed by atoms with van der Waals surface area (Å²) in [5.41, 5.74) is 1.29. The zero-order chi connectivity index (χ0) is 11.6. The van der Waals surface area contributed by atoms with Gasteiger partial charge in [-0.15, -0.1) is 0 Å². The third-order valence-electron chi connectivity index (χ3n) is 2.34. The fourth-order valence-electron chi connectivity index (χ4n) is 1.32. The number of hydrogen-bond donors (Lipinski definition) is 2. The molecule has 3 heteroatoms. The molecule has 15 heavy (non-hydrogen) atoms. The second-order valence-electron chi connectivity index (χ2n) is 4.56. The van der Waals surface area contributed by atoms with Crippen molar-refractivity contribution in [1.82, 2.24) is 5.32 Å². The lowest BCUT2D eigenvalue weighted by Crippen LogP contribution is -2.18. The standard InChI is InChI=1S/C12H17NO2/c1-12(2,3)8-5-6-9(10(14)7-8)11(15)13-4/h5-7,14H,1-4H3,(H,13,15). The van der Waals surface area contributed by atoms with Gasteiger partial charge in [0.15, 0.2) is 0 Å². The zero-order valence-corrected chi connectivity index (χ0v) is 9.59. The van der Waals surface area contributed by atoms with E-state index < -0.39 is 0 Å². The van der Waals surface area contributed by atoms with Crippen molar-refractivity contribution < 1.29 is 9.90 Å². The van der Waals surface area contributed by atoms with Crippen LogP contribution < -0.4 is 5.32 Å². The molecule has 3 nitrogen and oxygen atoms in total. The minimum atomic E-state index is -0.270. The Kier molecular flexibility index (Phi) is 3.03. The fourth-order valence-corrected chi connectivity index (χ4v) is 1.32. The van der Waals surface area contributed by atoms with Gasteiger partial charge in [-0.3, -0.25) is 4.79 Å². The molecule has 1 amide bonds. The van der Waals surface area contributed by atoms with E-state index in [0.29, 0.717) is 5.56 Å². The second kappa shape index (κ2) is 3.93. The minimum Gasteiger partial charge on any atom is -0.507 e. The van der Waals surface area contributed by atoms with Crippen LogP contribution in [0.15, 0.2) is 18.2 Å². The molecule has 1 aromatic rings. The van der Waals surface area contributed by atoms with Gasteiger partial charge in [0, 0.05) is 7.05 Å². The van der Waals surface area contributed by atoms with Gasteiger partial charge >= 0.3 is 0 Å². The van der Waals surface area contributed by atoms with E-state index in [4.69, 9.17) is 0 Å². The molecule has 0 bridgehead atoms. The first-order valence-corrected chi connectivity index (χ1v) is 4.92. The van der Waals surface area contributed by atoms with Crippen LogP contribution in [-0.2, 0) is 5.41 Å². The van der Waals surface area contributed by atoms with Crippen LogP contribution >= 0.6 is 0 Å². The quantitative estimate of drug-likeness (QED) is 0.740. The third kappa shape index (κ3) is 2.49. The van der Waals surface area contributed by atoms with E-state index in [1.807, 2.05) is 6.07 Å². The molecular weight excluding hydrogens is 190 g/mol. The number of aromatic hydroxyl groups is 1. The summed E-state index contributed by atoms with van der Waals surface area (Å²) in [6, 6.07) is 5.16. The lowest BCUT2D eigenvalue weighted by atomic mass is 9.86. The van der Waals surface area contributed by atoms with Crippen LogP contribution in [0.1, 0.15) is 36.7 Å². The third-order valence-corrected chi connectivity index (χ3v) is 2.34. The SMILES string of the molecule is CNC(=O)c1ccc(C(C)(C)C)cc1O. The Morgan fingerprint density at radius 2 is 1.93 bits per heavy atom. The molecule has 1 rings (SSSR count). The maximum Gasteiger partial charge on any atom is 0.254 e. The number of carbonyl (C=O) groups is 1. The van der Waals surface area contributed by atoms with E-state index in [-0.39, 0.29) is 17.1 Å². The Hall–Kier alpha value is -1.51. The minimum absolute atomic E-state index is 0.0291. The van der Waals surface area contributed by atoms with Gasteiger partial charge in [-0.05, 0) is 23.1 Å². The molecule has 0 unspecified atom stereocenters. The molecule has 0 saturated carbocycles. The average molecular weight is 207 g/mol. The van der Waals surface area contributed by atoms with E-state index in [0.717, 1.165) is 5.56 Å². The summed E-state index contributed by atoms with van der Waals surface area (Å²) >= 11 is 0. The van der Waals surface area contributed by atoms with Crippen molar-refractivity contribution in [3.63, 3.8) is 0 Å². The normalized spacial score (nSPS) is 11.2. The number of phenolic OH excluding ortho intramolecular Hbond substituents is 1. The van der Waals surface area contributed by atoms with Gasteiger partial charge in [0.2, 0.25) is 0 Å². The number of phenols is 1. The van der Waals surface area contributed by atoms with E-state index in [1.54, 1.807) is 19.2 Å². The molecule has 0 saturated heterocycles. The van der Waals surface area contributed by atoms with Gasteiger partial charge < -0.3 is 10.4 Å². The predicted molar refractivity (Wildman–Crippen MR) is 60.2 cm³/mol. The first-order valence-electron chi connectivity index (χ1n) is 4.92. The Bertz CT molecular complexity index is 378. The Labute approximate surface area is 90.1 Å². The van der Waals surface area contributed by atoms with Gasteiger partial charge in [0.05, 0.1) is 5.56 Å². The Morgan fingerprint density at radius 1 is 1.33 bits per heavy atom. The summed E-state index contributed by atoms with van der Waals surface area (Å²) in [5, 5.41) is 12.2. The van der Waals surface area contributed by atoms with E-state index in [2.05, 4.69) is 26.1 Å². The van der Waals surface area contributed by atoms with Gasteiger partial charge in [0.25, 0.3) is 5.91 Å². The van der Waals surface area contributed by atoms with Gasteiger partial charge in [-0.2, -0.15) is 0 Å². The van der Waals surface area contributed by atoms with Crippen LogP contribution in [0.25, 0.3) is 0 Å². The van der Waals surface area contributed by atoms with Gasteiger partial charge in [-0.1, -0.05) is 26.8 Å². The number of hydrogen-bond acceptors (Lipinski definition) is 2. The fraction of sp³-hybridized carbons (Fsp3) is 0.417. The first kappa shape index (κ1) is 11.6. The summed E-state index contributed by atoms with van der Waals surface area (Å²) in [7, 11) is 1.54.